The number of ether oxygens (including phenoxy) is 1. The quantitative estimate of drug-likeness (QED) is 0.835. The van der Waals surface area contributed by atoms with Gasteiger partial charge in [-0.15, -0.1) is 0 Å². The number of aromatic nitrogens is 1. The molecule has 3 nitrogen and oxygen atoms in total. The molecular formula is C15H16N2O. The fraction of sp³-hybridized carbons (Fsp3) is 0.267. The Balaban J connectivity index is 1.98. The normalized spacial score (nSPS) is 15.2. The highest BCUT2D eigenvalue weighted by atomic mass is 16.5. The van der Waals surface area contributed by atoms with Gasteiger partial charge in [0.2, 0.25) is 0 Å². The van der Waals surface area contributed by atoms with E-state index < -0.39 is 0 Å². The molecule has 1 aliphatic carbocycles. The van der Waals surface area contributed by atoms with Crippen molar-refractivity contribution in [2.75, 3.05) is 12.4 Å². The van der Waals surface area contributed by atoms with Gasteiger partial charge < -0.3 is 10.1 Å². The van der Waals surface area contributed by atoms with Crippen LogP contribution >= 0.6 is 0 Å². The Morgan fingerprint density at radius 1 is 1.22 bits per heavy atom. The van der Waals surface area contributed by atoms with Gasteiger partial charge >= 0.3 is 0 Å². The van der Waals surface area contributed by atoms with E-state index in [1.54, 1.807) is 7.11 Å². The summed E-state index contributed by atoms with van der Waals surface area (Å²) in [5.41, 5.74) is 0. The first-order valence-electron chi connectivity index (χ1n) is 6.21. The van der Waals surface area contributed by atoms with Gasteiger partial charge in [-0.1, -0.05) is 18.2 Å². The zero-order valence-corrected chi connectivity index (χ0v) is 10.4. The Morgan fingerprint density at radius 2 is 2.06 bits per heavy atom. The molecule has 92 valence electrons. The van der Waals surface area contributed by atoms with Crippen molar-refractivity contribution in [1.29, 1.82) is 0 Å². The lowest BCUT2D eigenvalue weighted by molar-refractivity contribution is 0.415. The van der Waals surface area contributed by atoms with Crippen molar-refractivity contribution in [3.63, 3.8) is 0 Å². The molecule has 0 saturated carbocycles. The Morgan fingerprint density at radius 3 is 2.83 bits per heavy atom. The highest BCUT2D eigenvalue weighted by Gasteiger charge is 2.12. The van der Waals surface area contributed by atoms with Crippen LogP contribution < -0.4 is 10.1 Å². The molecule has 0 radical (unpaired) electrons. The van der Waals surface area contributed by atoms with Crippen molar-refractivity contribution in [3.05, 3.63) is 42.6 Å². The molecule has 1 aromatic carbocycles. The van der Waals surface area contributed by atoms with Gasteiger partial charge in [-0.25, -0.2) is 4.98 Å². The summed E-state index contributed by atoms with van der Waals surface area (Å²) in [6.07, 6.45) is 8.41. The molecule has 0 bridgehead atoms. The van der Waals surface area contributed by atoms with E-state index >= 15 is 0 Å². The average Bonchev–Trinajstić information content (AvgIpc) is 2.91. The standard InChI is InChI=1S/C15H16N2O/c1-18-13-7-6-11-8-9-16-15(14(11)10-13)17-12-4-2-3-5-12/h2-3,6-10,12H,4-5H2,1H3,(H,16,17). The second kappa shape index (κ2) is 4.69. The van der Waals surface area contributed by atoms with Crippen LogP contribution in [0.2, 0.25) is 0 Å². The van der Waals surface area contributed by atoms with Gasteiger partial charge in [-0.2, -0.15) is 0 Å². The van der Waals surface area contributed by atoms with Gasteiger partial charge in [0.1, 0.15) is 11.6 Å². The SMILES string of the molecule is COc1ccc2ccnc(NC3CC=CC3)c2c1. The summed E-state index contributed by atoms with van der Waals surface area (Å²) in [5, 5.41) is 5.80. The molecule has 0 atom stereocenters. The van der Waals surface area contributed by atoms with Crippen LogP contribution in [0.15, 0.2) is 42.6 Å². The Bertz CT molecular complexity index is 584. The summed E-state index contributed by atoms with van der Waals surface area (Å²) in [4.78, 5) is 4.45. The van der Waals surface area contributed by atoms with E-state index in [1.807, 2.05) is 24.4 Å². The molecular weight excluding hydrogens is 224 g/mol. The summed E-state index contributed by atoms with van der Waals surface area (Å²) in [6.45, 7) is 0. The van der Waals surface area contributed by atoms with Gasteiger partial charge in [-0.3, -0.25) is 0 Å². The third-order valence-corrected chi connectivity index (χ3v) is 3.32. The van der Waals surface area contributed by atoms with E-state index in [2.05, 4.69) is 28.5 Å². The van der Waals surface area contributed by atoms with Crippen LogP contribution in [0.1, 0.15) is 12.8 Å². The van der Waals surface area contributed by atoms with Crippen LogP contribution in [0.25, 0.3) is 10.8 Å². The van der Waals surface area contributed by atoms with E-state index in [9.17, 15) is 0 Å². The summed E-state index contributed by atoms with van der Waals surface area (Å²) in [6, 6.07) is 8.56. The molecule has 1 aliphatic rings. The molecule has 0 amide bonds. The zero-order chi connectivity index (χ0) is 12.4. The maximum atomic E-state index is 5.28. The highest BCUT2D eigenvalue weighted by Crippen LogP contribution is 2.27. The lowest BCUT2D eigenvalue weighted by Gasteiger charge is -2.15. The molecule has 3 rings (SSSR count). The third-order valence-electron chi connectivity index (χ3n) is 3.32. The lowest BCUT2D eigenvalue weighted by atomic mass is 10.1. The number of fused-ring (bicyclic) bond motifs is 1. The lowest BCUT2D eigenvalue weighted by Crippen LogP contribution is -2.16. The van der Waals surface area contributed by atoms with E-state index in [0.29, 0.717) is 6.04 Å². The van der Waals surface area contributed by atoms with Crippen molar-refractivity contribution in [2.45, 2.75) is 18.9 Å². The van der Waals surface area contributed by atoms with Gasteiger partial charge in [0.05, 0.1) is 7.11 Å². The monoisotopic (exact) mass is 240 g/mol. The minimum absolute atomic E-state index is 0.467. The van der Waals surface area contributed by atoms with Crippen molar-refractivity contribution in [1.82, 2.24) is 4.98 Å². The number of pyridine rings is 1. The molecule has 18 heavy (non-hydrogen) atoms. The summed E-state index contributed by atoms with van der Waals surface area (Å²) in [5.74, 6) is 1.81. The van der Waals surface area contributed by atoms with E-state index in [1.165, 1.54) is 5.39 Å². The molecule has 0 fully saturated rings. The fourth-order valence-electron chi connectivity index (χ4n) is 2.32. The van der Waals surface area contributed by atoms with Gasteiger partial charge in [-0.05, 0) is 36.4 Å². The number of nitrogens with zero attached hydrogens (tertiary/aromatic N) is 1. The Hall–Kier alpha value is -2.03. The first-order chi connectivity index (χ1) is 8.86. The van der Waals surface area contributed by atoms with Crippen LogP contribution in [0, 0.1) is 0 Å². The van der Waals surface area contributed by atoms with Gasteiger partial charge in [0, 0.05) is 17.6 Å². The maximum Gasteiger partial charge on any atom is 0.134 e. The van der Waals surface area contributed by atoms with Crippen LogP contribution in [0.5, 0.6) is 5.75 Å². The predicted octanol–water partition coefficient (Wildman–Crippen LogP) is 3.37. The van der Waals surface area contributed by atoms with E-state index in [-0.39, 0.29) is 0 Å². The summed E-state index contributed by atoms with van der Waals surface area (Å²) >= 11 is 0. The van der Waals surface area contributed by atoms with Crippen LogP contribution in [0.3, 0.4) is 0 Å². The van der Waals surface area contributed by atoms with E-state index in [0.717, 1.165) is 29.8 Å². The fourth-order valence-corrected chi connectivity index (χ4v) is 2.32. The van der Waals surface area contributed by atoms with Gasteiger partial charge in [0.25, 0.3) is 0 Å². The number of anilines is 1. The number of hydrogen-bond donors (Lipinski definition) is 1. The molecule has 0 spiro atoms. The van der Waals surface area contributed by atoms with Crippen molar-refractivity contribution < 1.29 is 4.74 Å². The molecule has 1 heterocycles. The Kier molecular flexibility index (Phi) is 2.89. The second-order valence-electron chi connectivity index (χ2n) is 4.53. The van der Waals surface area contributed by atoms with Crippen LogP contribution in [-0.2, 0) is 0 Å². The minimum Gasteiger partial charge on any atom is -0.497 e. The largest absolute Gasteiger partial charge is 0.497 e. The number of methoxy groups -OCH3 is 1. The topological polar surface area (TPSA) is 34.1 Å². The second-order valence-corrected chi connectivity index (χ2v) is 4.53. The average molecular weight is 240 g/mol. The molecule has 2 aromatic rings. The minimum atomic E-state index is 0.467. The summed E-state index contributed by atoms with van der Waals surface area (Å²) in [7, 11) is 1.69. The van der Waals surface area contributed by atoms with Crippen LogP contribution in [0.4, 0.5) is 5.82 Å². The molecule has 0 aliphatic heterocycles. The van der Waals surface area contributed by atoms with Crippen molar-refractivity contribution >= 4 is 16.6 Å². The molecule has 3 heteroatoms. The smallest absolute Gasteiger partial charge is 0.134 e. The number of rotatable bonds is 3. The number of nitrogens with one attached hydrogen (secondary N) is 1. The molecule has 0 unspecified atom stereocenters. The highest BCUT2D eigenvalue weighted by molar-refractivity contribution is 5.92. The van der Waals surface area contributed by atoms with Crippen LogP contribution in [-0.4, -0.2) is 18.1 Å². The maximum absolute atomic E-state index is 5.28. The zero-order valence-electron chi connectivity index (χ0n) is 10.4. The number of hydrogen-bond acceptors (Lipinski definition) is 3. The van der Waals surface area contributed by atoms with Crippen molar-refractivity contribution in [3.8, 4) is 5.75 Å². The Labute approximate surface area is 106 Å². The first kappa shape index (κ1) is 11.1. The van der Waals surface area contributed by atoms with E-state index in [4.69, 9.17) is 4.74 Å². The molecule has 1 aromatic heterocycles. The summed E-state index contributed by atoms with van der Waals surface area (Å²) < 4.78 is 5.28. The molecule has 1 N–H and O–H groups in total. The predicted molar refractivity (Wildman–Crippen MR) is 74.1 cm³/mol. The number of benzene rings is 1. The van der Waals surface area contributed by atoms with Crippen molar-refractivity contribution in [2.24, 2.45) is 0 Å². The van der Waals surface area contributed by atoms with Gasteiger partial charge in [0.15, 0.2) is 0 Å². The molecule has 0 saturated heterocycles. The third kappa shape index (κ3) is 2.04. The first-order valence-corrected chi connectivity index (χ1v) is 6.21.